The molecule has 0 fully saturated rings. The number of amides is 2. The van der Waals surface area contributed by atoms with Gasteiger partial charge in [0, 0.05) is 13.1 Å². The summed E-state index contributed by atoms with van der Waals surface area (Å²) in [7, 11) is -2.51. The summed E-state index contributed by atoms with van der Waals surface area (Å²) in [4.78, 5) is 28.8. The minimum absolute atomic E-state index is 0.0841. The number of aryl methyl sites for hydroxylation is 1. The van der Waals surface area contributed by atoms with E-state index in [1.165, 1.54) is 17.0 Å². The Hall–Kier alpha value is -3.85. The summed E-state index contributed by atoms with van der Waals surface area (Å²) in [5.74, 6) is -0.0660. The fourth-order valence-corrected chi connectivity index (χ4v) is 5.73. The topological polar surface area (TPSA) is 96.0 Å². The van der Waals surface area contributed by atoms with Crippen LogP contribution in [-0.4, -0.2) is 51.4 Å². The summed E-state index contributed by atoms with van der Waals surface area (Å²) in [6, 6.07) is 21.5. The van der Waals surface area contributed by atoms with Gasteiger partial charge in [0.2, 0.25) is 11.8 Å². The van der Waals surface area contributed by atoms with Gasteiger partial charge in [0.05, 0.1) is 17.7 Å². The van der Waals surface area contributed by atoms with Gasteiger partial charge in [0.15, 0.2) is 0 Å². The molecule has 8 nitrogen and oxygen atoms in total. The van der Waals surface area contributed by atoms with Gasteiger partial charge in [-0.25, -0.2) is 8.42 Å². The second kappa shape index (κ2) is 14.5. The van der Waals surface area contributed by atoms with Gasteiger partial charge in [0.1, 0.15) is 18.3 Å². The Labute approximate surface area is 238 Å². The van der Waals surface area contributed by atoms with Gasteiger partial charge in [0.25, 0.3) is 10.0 Å². The van der Waals surface area contributed by atoms with Crippen molar-refractivity contribution < 1.29 is 22.7 Å². The first-order chi connectivity index (χ1) is 19.2. The number of nitrogens with one attached hydrogen (secondary N) is 1. The molecule has 0 aliphatic heterocycles. The van der Waals surface area contributed by atoms with Crippen molar-refractivity contribution in [3.8, 4) is 5.75 Å². The lowest BCUT2D eigenvalue weighted by atomic mass is 10.1. The number of carbonyl (C=O) groups excluding carboxylic acids is 2. The van der Waals surface area contributed by atoms with Crippen LogP contribution in [0.2, 0.25) is 0 Å². The number of para-hydroxylation sites is 1. The molecule has 0 radical (unpaired) electrons. The Bertz CT molecular complexity index is 1340. The third kappa shape index (κ3) is 7.85. The maximum absolute atomic E-state index is 14.0. The maximum Gasteiger partial charge on any atom is 0.264 e. The molecule has 2 amide bonds. The molecule has 0 unspecified atom stereocenters. The Kier molecular flexibility index (Phi) is 11.1. The number of unbranched alkanes of at least 4 members (excludes halogenated alkanes) is 1. The van der Waals surface area contributed by atoms with E-state index in [0.717, 1.165) is 28.3 Å². The molecular formula is C31H39N3O5S. The van der Waals surface area contributed by atoms with Crippen LogP contribution in [0.5, 0.6) is 5.75 Å². The first-order valence-electron chi connectivity index (χ1n) is 13.6. The molecular weight excluding hydrogens is 526 g/mol. The summed E-state index contributed by atoms with van der Waals surface area (Å²) in [5.41, 5.74) is 2.08. The molecule has 214 valence electrons. The molecule has 0 spiro atoms. The fourth-order valence-electron chi connectivity index (χ4n) is 4.31. The van der Waals surface area contributed by atoms with E-state index in [1.54, 1.807) is 61.7 Å². The predicted octanol–water partition coefficient (Wildman–Crippen LogP) is 4.92. The normalized spacial score (nSPS) is 11.9. The second-order valence-corrected chi connectivity index (χ2v) is 11.5. The molecule has 3 rings (SSSR count). The van der Waals surface area contributed by atoms with Crippen molar-refractivity contribution in [3.05, 3.63) is 90.0 Å². The third-order valence-corrected chi connectivity index (χ3v) is 8.45. The van der Waals surface area contributed by atoms with Crippen LogP contribution in [0.1, 0.15) is 44.2 Å². The van der Waals surface area contributed by atoms with Gasteiger partial charge < -0.3 is 15.0 Å². The number of anilines is 1. The number of carbonyl (C=O) groups is 2. The van der Waals surface area contributed by atoms with Crippen LogP contribution in [0, 0.1) is 6.92 Å². The number of sulfonamides is 1. The van der Waals surface area contributed by atoms with Gasteiger partial charge in [-0.1, -0.05) is 68.3 Å². The summed E-state index contributed by atoms with van der Waals surface area (Å²) >= 11 is 0. The number of methoxy groups -OCH3 is 1. The molecule has 0 saturated heterocycles. The highest BCUT2D eigenvalue weighted by Crippen LogP contribution is 2.25. The Morgan fingerprint density at radius 2 is 1.57 bits per heavy atom. The molecule has 0 bridgehead atoms. The largest absolute Gasteiger partial charge is 0.497 e. The molecule has 9 heteroatoms. The highest BCUT2D eigenvalue weighted by Gasteiger charge is 2.33. The van der Waals surface area contributed by atoms with Crippen molar-refractivity contribution in [3.63, 3.8) is 0 Å². The molecule has 0 saturated carbocycles. The molecule has 3 aromatic rings. The first-order valence-corrected chi connectivity index (χ1v) is 15.0. The number of hydrogen-bond donors (Lipinski definition) is 1. The van der Waals surface area contributed by atoms with E-state index >= 15 is 0 Å². The van der Waals surface area contributed by atoms with Crippen LogP contribution in [0.3, 0.4) is 0 Å². The lowest BCUT2D eigenvalue weighted by Gasteiger charge is -2.33. The minimum atomic E-state index is -4.08. The maximum atomic E-state index is 14.0. The number of hydrogen-bond acceptors (Lipinski definition) is 5. The van der Waals surface area contributed by atoms with Crippen molar-refractivity contribution in [2.24, 2.45) is 0 Å². The number of nitrogens with zero attached hydrogens (tertiary/aromatic N) is 2. The third-order valence-electron chi connectivity index (χ3n) is 6.66. The van der Waals surface area contributed by atoms with Crippen LogP contribution >= 0.6 is 0 Å². The predicted molar refractivity (Wildman–Crippen MR) is 158 cm³/mol. The van der Waals surface area contributed by atoms with Gasteiger partial charge in [-0.3, -0.25) is 13.9 Å². The van der Waals surface area contributed by atoms with E-state index in [4.69, 9.17) is 4.74 Å². The zero-order valence-corrected chi connectivity index (χ0v) is 24.5. The molecule has 0 heterocycles. The van der Waals surface area contributed by atoms with Crippen molar-refractivity contribution in [2.45, 2.75) is 57.5 Å². The van der Waals surface area contributed by atoms with E-state index < -0.39 is 28.5 Å². The minimum Gasteiger partial charge on any atom is -0.497 e. The van der Waals surface area contributed by atoms with Crippen molar-refractivity contribution in [1.29, 1.82) is 0 Å². The van der Waals surface area contributed by atoms with Crippen LogP contribution in [0.15, 0.2) is 83.8 Å². The highest BCUT2D eigenvalue weighted by molar-refractivity contribution is 7.92. The molecule has 0 aliphatic carbocycles. The van der Waals surface area contributed by atoms with Crippen molar-refractivity contribution in [1.82, 2.24) is 10.2 Å². The SMILES string of the molecule is CCCCNC(=O)[C@@H](CC)N(Cc1ccc(OC)cc1)C(=O)CN(c1ccccc1)S(=O)(=O)c1ccc(C)cc1. The zero-order valence-electron chi connectivity index (χ0n) is 23.7. The van der Waals surface area contributed by atoms with E-state index in [-0.39, 0.29) is 17.3 Å². The Morgan fingerprint density at radius 1 is 0.925 bits per heavy atom. The smallest absolute Gasteiger partial charge is 0.264 e. The van der Waals surface area contributed by atoms with Crippen LogP contribution in [-0.2, 0) is 26.2 Å². The molecule has 0 aromatic heterocycles. The van der Waals surface area contributed by atoms with Crippen LogP contribution < -0.4 is 14.4 Å². The monoisotopic (exact) mass is 565 g/mol. The molecule has 40 heavy (non-hydrogen) atoms. The average Bonchev–Trinajstić information content (AvgIpc) is 2.96. The van der Waals surface area contributed by atoms with E-state index in [1.807, 2.05) is 32.9 Å². The van der Waals surface area contributed by atoms with Gasteiger partial charge in [-0.05, 0) is 61.7 Å². The van der Waals surface area contributed by atoms with E-state index in [9.17, 15) is 18.0 Å². The summed E-state index contributed by atoms with van der Waals surface area (Å²) in [6.45, 7) is 5.94. The summed E-state index contributed by atoms with van der Waals surface area (Å²) in [6.07, 6.45) is 2.12. The molecule has 1 N–H and O–H groups in total. The van der Waals surface area contributed by atoms with Crippen molar-refractivity contribution >= 4 is 27.5 Å². The highest BCUT2D eigenvalue weighted by atomic mass is 32.2. The molecule has 1 atom stereocenters. The summed E-state index contributed by atoms with van der Waals surface area (Å²) in [5, 5.41) is 2.94. The fraction of sp³-hybridized carbons (Fsp3) is 0.355. The van der Waals surface area contributed by atoms with E-state index in [0.29, 0.717) is 24.4 Å². The quantitative estimate of drug-likeness (QED) is 0.280. The lowest BCUT2D eigenvalue weighted by Crippen LogP contribution is -2.52. The van der Waals surface area contributed by atoms with Crippen molar-refractivity contribution in [2.75, 3.05) is 24.5 Å². The lowest BCUT2D eigenvalue weighted by molar-refractivity contribution is -0.140. The second-order valence-electron chi connectivity index (χ2n) is 9.60. The van der Waals surface area contributed by atoms with Gasteiger partial charge >= 0.3 is 0 Å². The number of benzene rings is 3. The standard InChI is InChI=1S/C31H39N3O5S/c1-5-7-21-32-31(36)29(6-2)33(22-25-15-17-27(39-4)18-16-25)30(35)23-34(26-11-9-8-10-12-26)40(37,38)28-19-13-24(3)14-20-28/h8-20,29H,5-7,21-23H2,1-4H3,(H,32,36)/t29-/m1/s1. The van der Waals surface area contributed by atoms with Gasteiger partial charge in [-0.2, -0.15) is 0 Å². The zero-order chi connectivity index (χ0) is 29.1. The first kappa shape index (κ1) is 30.7. The van der Waals surface area contributed by atoms with Crippen LogP contribution in [0.4, 0.5) is 5.69 Å². The van der Waals surface area contributed by atoms with Crippen LogP contribution in [0.25, 0.3) is 0 Å². The van der Waals surface area contributed by atoms with Gasteiger partial charge in [-0.15, -0.1) is 0 Å². The number of rotatable bonds is 14. The molecule has 3 aromatic carbocycles. The van der Waals surface area contributed by atoms with E-state index in [2.05, 4.69) is 5.32 Å². The average molecular weight is 566 g/mol. The number of ether oxygens (including phenoxy) is 1. The summed E-state index contributed by atoms with van der Waals surface area (Å²) < 4.78 is 34.0. The Morgan fingerprint density at radius 3 is 2.15 bits per heavy atom. The Balaban J connectivity index is 2.00. The molecule has 0 aliphatic rings.